The minimum atomic E-state index is -0.583. The number of aryl methyl sites for hydroxylation is 1. The first-order chi connectivity index (χ1) is 12.6. The number of aromatic nitrogens is 3. The van der Waals surface area contributed by atoms with Gasteiger partial charge in [0.1, 0.15) is 24.0 Å². The van der Waals surface area contributed by atoms with E-state index in [2.05, 4.69) is 20.1 Å². The quantitative estimate of drug-likeness (QED) is 0.891. The Morgan fingerprint density at radius 3 is 3.00 bits per heavy atom. The number of furan rings is 1. The molecule has 4 rings (SSSR count). The van der Waals surface area contributed by atoms with E-state index in [-0.39, 0.29) is 17.7 Å². The van der Waals surface area contributed by atoms with Crippen LogP contribution in [-0.4, -0.2) is 50.6 Å². The number of nitrogens with zero attached hydrogens (tertiary/aromatic N) is 4. The Morgan fingerprint density at radius 2 is 2.19 bits per heavy atom. The van der Waals surface area contributed by atoms with Crippen LogP contribution in [0.15, 0.2) is 23.0 Å². The van der Waals surface area contributed by atoms with E-state index < -0.39 is 6.04 Å². The molecule has 0 spiro atoms. The zero-order valence-corrected chi connectivity index (χ0v) is 14.9. The maximum Gasteiger partial charge on any atom is 0.255 e. The third kappa shape index (κ3) is 3.11. The molecule has 1 fully saturated rings. The third-order valence-corrected chi connectivity index (χ3v) is 5.24. The van der Waals surface area contributed by atoms with E-state index in [0.29, 0.717) is 18.7 Å². The standard InChI is InChI=1S/C18H23N5O3/c1-12(19-17(24)14-6-9-26-11-14)18(25)22-7-2-4-13(10-22)16-21-20-15-5-3-8-23(15)16/h6,9,11-13H,2-5,7-8,10H2,1H3,(H,19,24)/t12-,13+/m1/s1. The molecule has 1 saturated heterocycles. The summed E-state index contributed by atoms with van der Waals surface area (Å²) in [5, 5.41) is 11.4. The highest BCUT2D eigenvalue weighted by Crippen LogP contribution is 2.28. The number of rotatable bonds is 4. The second kappa shape index (κ2) is 6.93. The minimum absolute atomic E-state index is 0.0623. The normalized spacial score (nSPS) is 20.7. The molecule has 0 aromatic carbocycles. The van der Waals surface area contributed by atoms with E-state index in [0.717, 1.165) is 43.9 Å². The number of fused-ring (bicyclic) bond motifs is 1. The van der Waals surface area contributed by atoms with Crippen molar-refractivity contribution in [2.45, 2.75) is 51.1 Å². The van der Waals surface area contributed by atoms with Gasteiger partial charge in [0.2, 0.25) is 5.91 Å². The summed E-state index contributed by atoms with van der Waals surface area (Å²) >= 11 is 0. The Kier molecular flexibility index (Phi) is 4.48. The molecule has 2 aliphatic heterocycles. The fraction of sp³-hybridized carbons (Fsp3) is 0.556. The van der Waals surface area contributed by atoms with Crippen LogP contribution < -0.4 is 5.32 Å². The summed E-state index contributed by atoms with van der Waals surface area (Å²) in [6, 6.07) is 0.996. The number of nitrogens with one attached hydrogen (secondary N) is 1. The van der Waals surface area contributed by atoms with Gasteiger partial charge in [0.25, 0.3) is 5.91 Å². The van der Waals surface area contributed by atoms with Crippen molar-refractivity contribution in [2.75, 3.05) is 13.1 Å². The molecule has 2 aromatic rings. The maximum absolute atomic E-state index is 12.8. The first-order valence-electron chi connectivity index (χ1n) is 9.17. The number of hydrogen-bond donors (Lipinski definition) is 1. The Bertz CT molecular complexity index is 798. The summed E-state index contributed by atoms with van der Waals surface area (Å²) in [5.74, 6) is 1.91. The van der Waals surface area contributed by atoms with Gasteiger partial charge in [-0.15, -0.1) is 10.2 Å². The molecule has 0 aliphatic carbocycles. The third-order valence-electron chi connectivity index (χ3n) is 5.24. The lowest BCUT2D eigenvalue weighted by atomic mass is 9.96. The molecule has 26 heavy (non-hydrogen) atoms. The van der Waals surface area contributed by atoms with Crippen LogP contribution in [0.3, 0.4) is 0 Å². The summed E-state index contributed by atoms with van der Waals surface area (Å²) < 4.78 is 7.13. The molecule has 8 nitrogen and oxygen atoms in total. The lowest BCUT2D eigenvalue weighted by molar-refractivity contribution is -0.134. The highest BCUT2D eigenvalue weighted by Gasteiger charge is 2.32. The fourth-order valence-corrected chi connectivity index (χ4v) is 3.87. The first-order valence-corrected chi connectivity index (χ1v) is 9.17. The number of piperidine rings is 1. The molecule has 2 aliphatic rings. The Balaban J connectivity index is 1.40. The average molecular weight is 357 g/mol. The van der Waals surface area contributed by atoms with Crippen molar-refractivity contribution in [3.63, 3.8) is 0 Å². The summed E-state index contributed by atoms with van der Waals surface area (Å²) in [5.41, 5.74) is 0.417. The van der Waals surface area contributed by atoms with Gasteiger partial charge < -0.3 is 19.2 Å². The lowest BCUT2D eigenvalue weighted by Crippen LogP contribution is -2.49. The van der Waals surface area contributed by atoms with Crippen LogP contribution in [-0.2, 0) is 17.8 Å². The summed E-state index contributed by atoms with van der Waals surface area (Å²) in [6.07, 6.45) is 6.85. The van der Waals surface area contributed by atoms with Gasteiger partial charge in [-0.2, -0.15) is 0 Å². The van der Waals surface area contributed by atoms with E-state index in [9.17, 15) is 9.59 Å². The second-order valence-corrected chi connectivity index (χ2v) is 7.06. The zero-order chi connectivity index (χ0) is 18.1. The molecule has 0 unspecified atom stereocenters. The number of carbonyl (C=O) groups is 2. The summed E-state index contributed by atoms with van der Waals surface area (Å²) in [7, 11) is 0. The molecule has 8 heteroatoms. The van der Waals surface area contributed by atoms with Crippen LogP contribution in [0.5, 0.6) is 0 Å². The highest BCUT2D eigenvalue weighted by molar-refractivity contribution is 5.97. The van der Waals surface area contributed by atoms with Crippen molar-refractivity contribution in [1.29, 1.82) is 0 Å². The Hall–Kier alpha value is -2.64. The van der Waals surface area contributed by atoms with E-state index in [1.54, 1.807) is 13.0 Å². The van der Waals surface area contributed by atoms with Crippen molar-refractivity contribution in [1.82, 2.24) is 25.0 Å². The van der Waals surface area contributed by atoms with Gasteiger partial charge in [0.15, 0.2) is 0 Å². The van der Waals surface area contributed by atoms with Gasteiger partial charge in [-0.25, -0.2) is 0 Å². The SMILES string of the molecule is C[C@@H](NC(=O)c1ccoc1)C(=O)N1CCC[C@H](c2nnc3n2CCC3)C1. The van der Waals surface area contributed by atoms with Crippen molar-refractivity contribution in [2.24, 2.45) is 0 Å². The van der Waals surface area contributed by atoms with Crippen LogP contribution in [0.1, 0.15) is 54.1 Å². The van der Waals surface area contributed by atoms with Gasteiger partial charge >= 0.3 is 0 Å². The maximum atomic E-state index is 12.8. The highest BCUT2D eigenvalue weighted by atomic mass is 16.3. The van der Waals surface area contributed by atoms with Crippen LogP contribution in [0.2, 0.25) is 0 Å². The van der Waals surface area contributed by atoms with Crippen LogP contribution in [0.4, 0.5) is 0 Å². The molecular formula is C18H23N5O3. The predicted molar refractivity (Wildman–Crippen MR) is 92.5 cm³/mol. The number of carbonyl (C=O) groups excluding carboxylic acids is 2. The van der Waals surface area contributed by atoms with Crippen molar-refractivity contribution in [3.05, 3.63) is 35.8 Å². The van der Waals surface area contributed by atoms with Gasteiger partial charge in [0.05, 0.1) is 11.8 Å². The molecule has 0 saturated carbocycles. The molecule has 2 atom stereocenters. The number of amides is 2. The monoisotopic (exact) mass is 357 g/mol. The molecule has 0 bridgehead atoms. The number of likely N-dealkylation sites (tertiary alicyclic amines) is 1. The van der Waals surface area contributed by atoms with Gasteiger partial charge in [0, 0.05) is 32.0 Å². The van der Waals surface area contributed by atoms with E-state index in [4.69, 9.17) is 4.42 Å². The summed E-state index contributed by atoms with van der Waals surface area (Å²) in [6.45, 7) is 4.03. The van der Waals surface area contributed by atoms with Crippen molar-refractivity contribution in [3.8, 4) is 0 Å². The largest absolute Gasteiger partial charge is 0.472 e. The molecule has 4 heterocycles. The Morgan fingerprint density at radius 1 is 1.31 bits per heavy atom. The molecule has 138 valence electrons. The zero-order valence-electron chi connectivity index (χ0n) is 14.9. The van der Waals surface area contributed by atoms with Crippen LogP contribution >= 0.6 is 0 Å². The lowest BCUT2D eigenvalue weighted by Gasteiger charge is -2.34. The Labute approximate surface area is 151 Å². The minimum Gasteiger partial charge on any atom is -0.472 e. The molecule has 2 amide bonds. The van der Waals surface area contributed by atoms with Gasteiger partial charge in [-0.3, -0.25) is 9.59 Å². The summed E-state index contributed by atoms with van der Waals surface area (Å²) in [4.78, 5) is 26.8. The van der Waals surface area contributed by atoms with Crippen molar-refractivity contribution >= 4 is 11.8 Å². The molecular weight excluding hydrogens is 334 g/mol. The molecule has 0 radical (unpaired) electrons. The smallest absolute Gasteiger partial charge is 0.255 e. The van der Waals surface area contributed by atoms with Crippen LogP contribution in [0.25, 0.3) is 0 Å². The topological polar surface area (TPSA) is 93.3 Å². The predicted octanol–water partition coefficient (Wildman–Crippen LogP) is 1.34. The van der Waals surface area contributed by atoms with Crippen molar-refractivity contribution < 1.29 is 14.0 Å². The average Bonchev–Trinajstić information content (AvgIpc) is 3.38. The fourth-order valence-electron chi connectivity index (χ4n) is 3.87. The first kappa shape index (κ1) is 16.8. The van der Waals surface area contributed by atoms with Crippen LogP contribution in [0, 0.1) is 0 Å². The molecule has 2 aromatic heterocycles. The molecule has 1 N–H and O–H groups in total. The van der Waals surface area contributed by atoms with Gasteiger partial charge in [-0.1, -0.05) is 0 Å². The van der Waals surface area contributed by atoms with E-state index in [1.807, 2.05) is 4.90 Å². The van der Waals surface area contributed by atoms with E-state index in [1.165, 1.54) is 12.5 Å². The van der Waals surface area contributed by atoms with Gasteiger partial charge in [-0.05, 0) is 32.3 Å². The van der Waals surface area contributed by atoms with E-state index >= 15 is 0 Å². The number of hydrogen-bond acceptors (Lipinski definition) is 5. The second-order valence-electron chi connectivity index (χ2n) is 7.06.